The van der Waals surface area contributed by atoms with Crippen LogP contribution in [0.4, 0.5) is 0 Å². The van der Waals surface area contributed by atoms with E-state index in [0.29, 0.717) is 18.7 Å². The quantitative estimate of drug-likeness (QED) is 0.781. The second-order valence-corrected chi connectivity index (χ2v) is 8.09. The molecule has 1 atom stereocenters. The number of benzene rings is 1. The molecule has 1 aromatic heterocycles. The summed E-state index contributed by atoms with van der Waals surface area (Å²) in [4.78, 5) is 14.3. The molecule has 0 spiro atoms. The number of sulfone groups is 1. The van der Waals surface area contributed by atoms with Crippen molar-refractivity contribution in [2.24, 2.45) is 0 Å². The van der Waals surface area contributed by atoms with Crippen molar-refractivity contribution in [1.29, 1.82) is 0 Å². The van der Waals surface area contributed by atoms with Crippen LogP contribution in [0, 0.1) is 0 Å². The fraction of sp³-hybridized carbons (Fsp3) is 0.278. The smallest absolute Gasteiger partial charge is 0.247 e. The van der Waals surface area contributed by atoms with Gasteiger partial charge in [-0.1, -0.05) is 30.3 Å². The van der Waals surface area contributed by atoms with Crippen LogP contribution >= 0.6 is 0 Å². The van der Waals surface area contributed by atoms with Gasteiger partial charge in [0.25, 0.3) is 0 Å². The zero-order valence-electron chi connectivity index (χ0n) is 13.2. The third-order valence-electron chi connectivity index (χ3n) is 4.06. The lowest BCUT2D eigenvalue weighted by atomic mass is 10.1. The largest absolute Gasteiger partial charge is 0.465 e. The first kappa shape index (κ1) is 16.5. The maximum atomic E-state index is 12.6. The third kappa shape index (κ3) is 4.14. The summed E-state index contributed by atoms with van der Waals surface area (Å²) in [6, 6.07) is 12.8. The predicted molar refractivity (Wildman–Crippen MR) is 91.8 cm³/mol. The highest BCUT2D eigenvalue weighted by molar-refractivity contribution is 7.91. The summed E-state index contributed by atoms with van der Waals surface area (Å²) >= 11 is 0. The van der Waals surface area contributed by atoms with Gasteiger partial charge in [-0.15, -0.1) is 0 Å². The summed E-state index contributed by atoms with van der Waals surface area (Å²) in [5.74, 6) is 0.539. The van der Waals surface area contributed by atoms with Gasteiger partial charge in [-0.3, -0.25) is 4.79 Å². The SMILES string of the molecule is O=C(/C=C/c1ccco1)N(Cc1ccccc1)[C@H]1CCS(=O)(=O)C1. The fourth-order valence-corrected chi connectivity index (χ4v) is 4.55. The van der Waals surface area contributed by atoms with Crippen LogP contribution in [0.5, 0.6) is 0 Å². The highest BCUT2D eigenvalue weighted by atomic mass is 32.2. The van der Waals surface area contributed by atoms with Gasteiger partial charge in [0.05, 0.1) is 17.8 Å². The van der Waals surface area contributed by atoms with Crippen molar-refractivity contribution in [3.05, 3.63) is 66.1 Å². The number of hydrogen-bond donors (Lipinski definition) is 0. The first-order valence-corrected chi connectivity index (χ1v) is 9.62. The molecule has 1 aliphatic heterocycles. The Morgan fingerprint density at radius 1 is 1.21 bits per heavy atom. The van der Waals surface area contributed by atoms with Crippen LogP contribution in [-0.2, 0) is 21.2 Å². The van der Waals surface area contributed by atoms with E-state index >= 15 is 0 Å². The van der Waals surface area contributed by atoms with E-state index in [2.05, 4.69) is 0 Å². The molecule has 1 amide bonds. The van der Waals surface area contributed by atoms with Gasteiger partial charge in [0.15, 0.2) is 9.84 Å². The standard InChI is InChI=1S/C18H19NO4S/c20-18(9-8-17-7-4-11-23-17)19(13-15-5-2-1-3-6-15)16-10-12-24(21,22)14-16/h1-9,11,16H,10,12-14H2/b9-8+/t16-/m0/s1. The van der Waals surface area contributed by atoms with Crippen molar-refractivity contribution >= 4 is 21.8 Å². The average Bonchev–Trinajstić information content (AvgIpc) is 3.20. The highest BCUT2D eigenvalue weighted by Gasteiger charge is 2.34. The van der Waals surface area contributed by atoms with Gasteiger partial charge < -0.3 is 9.32 Å². The van der Waals surface area contributed by atoms with Crippen LogP contribution in [0.2, 0.25) is 0 Å². The maximum absolute atomic E-state index is 12.6. The molecule has 1 aliphatic rings. The molecule has 0 radical (unpaired) electrons. The molecule has 24 heavy (non-hydrogen) atoms. The minimum atomic E-state index is -3.06. The number of carbonyl (C=O) groups excluding carboxylic acids is 1. The molecule has 126 valence electrons. The second-order valence-electron chi connectivity index (χ2n) is 5.86. The third-order valence-corrected chi connectivity index (χ3v) is 5.81. The molecular weight excluding hydrogens is 326 g/mol. The number of hydrogen-bond acceptors (Lipinski definition) is 4. The topological polar surface area (TPSA) is 67.6 Å². The van der Waals surface area contributed by atoms with Gasteiger partial charge in [-0.05, 0) is 30.2 Å². The monoisotopic (exact) mass is 345 g/mol. The van der Waals surface area contributed by atoms with E-state index < -0.39 is 9.84 Å². The number of amides is 1. The Bertz CT molecular complexity index is 810. The number of furan rings is 1. The van der Waals surface area contributed by atoms with E-state index in [1.54, 1.807) is 23.1 Å². The van der Waals surface area contributed by atoms with E-state index in [1.165, 1.54) is 12.3 Å². The van der Waals surface area contributed by atoms with E-state index in [-0.39, 0.29) is 23.5 Å². The van der Waals surface area contributed by atoms with Crippen molar-refractivity contribution in [1.82, 2.24) is 4.90 Å². The number of rotatable bonds is 5. The minimum Gasteiger partial charge on any atom is -0.465 e. The van der Waals surface area contributed by atoms with E-state index in [4.69, 9.17) is 4.42 Å². The molecule has 0 N–H and O–H groups in total. The zero-order valence-corrected chi connectivity index (χ0v) is 14.0. The molecule has 2 heterocycles. The van der Waals surface area contributed by atoms with Gasteiger partial charge in [-0.25, -0.2) is 8.42 Å². The molecule has 6 heteroatoms. The molecule has 5 nitrogen and oxygen atoms in total. The Kier molecular flexibility index (Phi) is 4.85. The van der Waals surface area contributed by atoms with Gasteiger partial charge in [0, 0.05) is 18.7 Å². The summed E-state index contributed by atoms with van der Waals surface area (Å²) in [6.07, 6.45) is 5.06. The minimum absolute atomic E-state index is 0.0279. The average molecular weight is 345 g/mol. The molecular formula is C18H19NO4S. The number of carbonyl (C=O) groups is 1. The summed E-state index contributed by atoms with van der Waals surface area (Å²) in [5, 5.41) is 0. The van der Waals surface area contributed by atoms with Crippen LogP contribution < -0.4 is 0 Å². The van der Waals surface area contributed by atoms with Crippen molar-refractivity contribution in [3.8, 4) is 0 Å². The van der Waals surface area contributed by atoms with Crippen molar-refractivity contribution in [3.63, 3.8) is 0 Å². The van der Waals surface area contributed by atoms with Crippen LogP contribution in [0.3, 0.4) is 0 Å². The second kappa shape index (κ2) is 7.05. The van der Waals surface area contributed by atoms with Gasteiger partial charge in [0.2, 0.25) is 5.91 Å². The Labute approximate surface area is 141 Å². The summed E-state index contributed by atoms with van der Waals surface area (Å²) in [6.45, 7) is 0.391. The van der Waals surface area contributed by atoms with Gasteiger partial charge >= 0.3 is 0 Å². The van der Waals surface area contributed by atoms with Crippen LogP contribution in [-0.4, -0.2) is 36.8 Å². The molecule has 1 aromatic carbocycles. The summed E-state index contributed by atoms with van der Waals surface area (Å²) < 4.78 is 28.8. The van der Waals surface area contributed by atoms with E-state index in [9.17, 15) is 13.2 Å². The molecule has 0 bridgehead atoms. The zero-order chi connectivity index (χ0) is 17.0. The molecule has 2 aromatic rings. The van der Waals surface area contributed by atoms with Crippen molar-refractivity contribution in [2.45, 2.75) is 19.0 Å². The lowest BCUT2D eigenvalue weighted by molar-refractivity contribution is -0.128. The Morgan fingerprint density at radius 3 is 2.62 bits per heavy atom. The van der Waals surface area contributed by atoms with E-state index in [1.807, 2.05) is 30.3 Å². The molecule has 3 rings (SSSR count). The van der Waals surface area contributed by atoms with Crippen molar-refractivity contribution in [2.75, 3.05) is 11.5 Å². The van der Waals surface area contributed by atoms with E-state index in [0.717, 1.165) is 5.56 Å². The molecule has 0 aliphatic carbocycles. The Hall–Kier alpha value is -2.34. The van der Waals surface area contributed by atoms with Crippen molar-refractivity contribution < 1.29 is 17.6 Å². The normalized spacial score (nSPS) is 19.6. The fourth-order valence-electron chi connectivity index (χ4n) is 2.82. The molecule has 0 saturated carbocycles. The first-order chi connectivity index (χ1) is 11.5. The van der Waals surface area contributed by atoms with Gasteiger partial charge in [0.1, 0.15) is 5.76 Å². The first-order valence-electron chi connectivity index (χ1n) is 7.80. The molecule has 0 unspecified atom stereocenters. The van der Waals surface area contributed by atoms with Crippen LogP contribution in [0.25, 0.3) is 6.08 Å². The van der Waals surface area contributed by atoms with Crippen LogP contribution in [0.1, 0.15) is 17.7 Å². The highest BCUT2D eigenvalue weighted by Crippen LogP contribution is 2.21. The predicted octanol–water partition coefficient (Wildman–Crippen LogP) is 2.51. The lowest BCUT2D eigenvalue weighted by Crippen LogP contribution is -2.39. The number of nitrogens with zero attached hydrogens (tertiary/aromatic N) is 1. The summed E-state index contributed by atoms with van der Waals surface area (Å²) in [5.41, 5.74) is 0.974. The molecule has 1 fully saturated rings. The summed E-state index contributed by atoms with van der Waals surface area (Å²) in [7, 11) is -3.06. The lowest BCUT2D eigenvalue weighted by Gasteiger charge is -2.27. The van der Waals surface area contributed by atoms with Crippen LogP contribution in [0.15, 0.2) is 59.2 Å². The molecule has 1 saturated heterocycles. The maximum Gasteiger partial charge on any atom is 0.247 e. The van der Waals surface area contributed by atoms with Gasteiger partial charge in [-0.2, -0.15) is 0 Å². The Balaban J connectivity index is 1.80. The Morgan fingerprint density at radius 2 is 2.00 bits per heavy atom.